The van der Waals surface area contributed by atoms with Crippen molar-refractivity contribution in [2.24, 2.45) is 0 Å². The summed E-state index contributed by atoms with van der Waals surface area (Å²) in [5, 5.41) is 10.5. The summed E-state index contributed by atoms with van der Waals surface area (Å²) in [6.07, 6.45) is 11.9. The average molecular weight is 451 g/mol. The first-order valence-corrected chi connectivity index (χ1v) is 13.3. The van der Waals surface area contributed by atoms with Crippen molar-refractivity contribution < 1.29 is 0 Å². The summed E-state index contributed by atoms with van der Waals surface area (Å²) in [5.74, 6) is 0. The van der Waals surface area contributed by atoms with E-state index in [0.717, 1.165) is 44.2 Å². The van der Waals surface area contributed by atoms with Crippen LogP contribution in [0.15, 0.2) is 60.7 Å². The van der Waals surface area contributed by atoms with Crippen molar-refractivity contribution in [3.63, 3.8) is 0 Å². The fourth-order valence-corrected chi connectivity index (χ4v) is 5.60. The van der Waals surface area contributed by atoms with Crippen LogP contribution in [0.4, 0.5) is 0 Å². The van der Waals surface area contributed by atoms with Gasteiger partial charge in [-0.1, -0.05) is 100 Å². The molecule has 0 aliphatic heterocycles. The van der Waals surface area contributed by atoms with Gasteiger partial charge in [-0.3, -0.25) is 4.98 Å². The highest BCUT2D eigenvalue weighted by Crippen LogP contribution is 2.46. The summed E-state index contributed by atoms with van der Waals surface area (Å²) in [5.41, 5.74) is 8.44. The maximum Gasteiger partial charge on any atom is 0.104 e. The number of nitriles is 1. The van der Waals surface area contributed by atoms with Crippen LogP contribution in [0, 0.1) is 11.3 Å². The van der Waals surface area contributed by atoms with Crippen LogP contribution in [-0.2, 0) is 31.1 Å². The Morgan fingerprint density at radius 1 is 0.853 bits per heavy atom. The van der Waals surface area contributed by atoms with Gasteiger partial charge in [0, 0.05) is 5.69 Å². The van der Waals surface area contributed by atoms with Crippen molar-refractivity contribution in [1.29, 1.82) is 5.26 Å². The minimum atomic E-state index is -0.540. The zero-order valence-electron chi connectivity index (χ0n) is 20.9. The SMILES string of the molecule is CCCCCc1nc2c(c(-c3ccccc3)c1CCCCC)CCC2(C#N)Cc1ccccc1. The third-order valence-electron chi connectivity index (χ3n) is 7.41. The molecule has 1 aliphatic carbocycles. The first kappa shape index (κ1) is 24.2. The predicted octanol–water partition coefficient (Wildman–Crippen LogP) is 8.16. The second-order valence-corrected chi connectivity index (χ2v) is 9.88. The van der Waals surface area contributed by atoms with E-state index in [4.69, 9.17) is 4.98 Å². The molecule has 0 bridgehead atoms. The number of benzene rings is 2. The second-order valence-electron chi connectivity index (χ2n) is 9.88. The van der Waals surface area contributed by atoms with Crippen molar-refractivity contribution >= 4 is 0 Å². The second kappa shape index (κ2) is 11.5. The number of fused-ring (bicyclic) bond motifs is 1. The van der Waals surface area contributed by atoms with Gasteiger partial charge in [0.1, 0.15) is 5.41 Å². The zero-order valence-corrected chi connectivity index (χ0v) is 20.9. The average Bonchev–Trinajstić information content (AvgIpc) is 3.23. The van der Waals surface area contributed by atoms with Crippen molar-refractivity contribution in [3.05, 3.63) is 88.7 Å². The Morgan fingerprint density at radius 2 is 1.50 bits per heavy atom. The summed E-state index contributed by atoms with van der Waals surface area (Å²) < 4.78 is 0. The van der Waals surface area contributed by atoms with Crippen LogP contribution in [0.5, 0.6) is 0 Å². The fraction of sp³-hybridized carbons (Fsp3) is 0.438. The van der Waals surface area contributed by atoms with Crippen LogP contribution in [-0.4, -0.2) is 4.98 Å². The smallest absolute Gasteiger partial charge is 0.104 e. The minimum Gasteiger partial charge on any atom is -0.256 e. The molecule has 176 valence electrons. The van der Waals surface area contributed by atoms with Crippen molar-refractivity contribution in [3.8, 4) is 17.2 Å². The highest BCUT2D eigenvalue weighted by Gasteiger charge is 2.43. The fourth-order valence-electron chi connectivity index (χ4n) is 5.60. The van der Waals surface area contributed by atoms with Gasteiger partial charge in [-0.2, -0.15) is 5.26 Å². The van der Waals surface area contributed by atoms with Crippen molar-refractivity contribution in [2.75, 3.05) is 0 Å². The predicted molar refractivity (Wildman–Crippen MR) is 142 cm³/mol. The Hall–Kier alpha value is -2.92. The van der Waals surface area contributed by atoms with E-state index in [1.54, 1.807) is 0 Å². The van der Waals surface area contributed by atoms with E-state index in [1.807, 2.05) is 6.07 Å². The molecule has 1 atom stereocenters. The Morgan fingerprint density at radius 3 is 2.15 bits per heavy atom. The molecule has 1 heterocycles. The first-order chi connectivity index (χ1) is 16.7. The van der Waals surface area contributed by atoms with Gasteiger partial charge in [0.05, 0.1) is 11.8 Å². The lowest BCUT2D eigenvalue weighted by atomic mass is 9.79. The molecule has 0 fully saturated rings. The summed E-state index contributed by atoms with van der Waals surface area (Å²) >= 11 is 0. The Bertz CT molecular complexity index is 1110. The summed E-state index contributed by atoms with van der Waals surface area (Å²) in [6.45, 7) is 4.53. The van der Waals surface area contributed by atoms with E-state index in [9.17, 15) is 5.26 Å². The van der Waals surface area contributed by atoms with E-state index in [-0.39, 0.29) is 0 Å². The Labute approximate surface area is 206 Å². The van der Waals surface area contributed by atoms with Crippen LogP contribution >= 0.6 is 0 Å². The number of unbranched alkanes of at least 4 members (excludes halogenated alkanes) is 4. The molecule has 2 heteroatoms. The number of hydrogen-bond acceptors (Lipinski definition) is 2. The molecule has 2 nitrogen and oxygen atoms in total. The van der Waals surface area contributed by atoms with Gasteiger partial charge in [0.2, 0.25) is 0 Å². The normalized spacial score (nSPS) is 16.9. The molecular weight excluding hydrogens is 412 g/mol. The molecule has 1 aromatic heterocycles. The third kappa shape index (κ3) is 5.10. The molecule has 1 aliphatic rings. The number of nitrogens with zero attached hydrogens (tertiary/aromatic N) is 2. The summed E-state index contributed by atoms with van der Waals surface area (Å²) in [7, 11) is 0. The highest BCUT2D eigenvalue weighted by atomic mass is 14.8. The third-order valence-corrected chi connectivity index (χ3v) is 7.41. The van der Waals surface area contributed by atoms with Gasteiger partial charge in [-0.05, 0) is 72.8 Å². The monoisotopic (exact) mass is 450 g/mol. The number of hydrogen-bond donors (Lipinski definition) is 0. The lowest BCUT2D eigenvalue weighted by Gasteiger charge is -2.25. The Kier molecular flexibility index (Phi) is 8.17. The minimum absolute atomic E-state index is 0.540. The molecule has 1 unspecified atom stereocenters. The van der Waals surface area contributed by atoms with Gasteiger partial charge in [0.25, 0.3) is 0 Å². The standard InChI is InChI=1S/C32H38N2/c1-3-5-9-19-27-29(20-10-6-4-2)34-31-28(30(27)26-17-13-8-14-18-26)21-22-32(31,24-33)23-25-15-11-7-12-16-25/h7-8,11-18H,3-6,9-10,19-23H2,1-2H3. The van der Waals surface area contributed by atoms with Crippen molar-refractivity contribution in [1.82, 2.24) is 4.98 Å². The topological polar surface area (TPSA) is 36.7 Å². The molecule has 0 saturated heterocycles. The number of aromatic nitrogens is 1. The van der Waals surface area contributed by atoms with Gasteiger partial charge in [-0.25, -0.2) is 0 Å². The molecule has 0 spiro atoms. The maximum atomic E-state index is 10.5. The lowest BCUT2D eigenvalue weighted by Crippen LogP contribution is -2.26. The molecule has 0 N–H and O–H groups in total. The zero-order chi connectivity index (χ0) is 23.8. The van der Waals surface area contributed by atoms with E-state index in [0.29, 0.717) is 0 Å². The van der Waals surface area contributed by atoms with E-state index in [1.165, 1.54) is 65.6 Å². The van der Waals surface area contributed by atoms with Gasteiger partial charge < -0.3 is 0 Å². The van der Waals surface area contributed by atoms with Crippen LogP contribution in [0.2, 0.25) is 0 Å². The van der Waals surface area contributed by atoms with Crippen LogP contribution in [0.1, 0.15) is 86.9 Å². The highest BCUT2D eigenvalue weighted by molar-refractivity contribution is 5.74. The van der Waals surface area contributed by atoms with E-state index >= 15 is 0 Å². The molecular formula is C32H38N2. The molecule has 4 rings (SSSR count). The lowest BCUT2D eigenvalue weighted by molar-refractivity contribution is 0.526. The molecule has 0 saturated carbocycles. The van der Waals surface area contributed by atoms with E-state index in [2.05, 4.69) is 74.5 Å². The van der Waals surface area contributed by atoms with Gasteiger partial charge in [-0.15, -0.1) is 0 Å². The van der Waals surface area contributed by atoms with Gasteiger partial charge in [0.15, 0.2) is 0 Å². The first-order valence-electron chi connectivity index (χ1n) is 13.3. The summed E-state index contributed by atoms with van der Waals surface area (Å²) in [6, 6.07) is 24.1. The molecule has 2 aromatic carbocycles. The Balaban J connectivity index is 1.88. The molecule has 0 radical (unpaired) electrons. The molecule has 0 amide bonds. The summed E-state index contributed by atoms with van der Waals surface area (Å²) in [4.78, 5) is 5.39. The van der Waals surface area contributed by atoms with Crippen LogP contribution in [0.25, 0.3) is 11.1 Å². The van der Waals surface area contributed by atoms with E-state index < -0.39 is 5.41 Å². The quantitative estimate of drug-likeness (QED) is 0.276. The van der Waals surface area contributed by atoms with Crippen LogP contribution in [0.3, 0.4) is 0 Å². The molecule has 34 heavy (non-hydrogen) atoms. The van der Waals surface area contributed by atoms with Crippen LogP contribution < -0.4 is 0 Å². The van der Waals surface area contributed by atoms with Gasteiger partial charge >= 0.3 is 0 Å². The molecule has 3 aromatic rings. The number of pyridine rings is 1. The maximum absolute atomic E-state index is 10.5. The number of rotatable bonds is 11. The number of aryl methyl sites for hydroxylation is 1. The van der Waals surface area contributed by atoms with Crippen molar-refractivity contribution in [2.45, 2.75) is 89.9 Å². The largest absolute Gasteiger partial charge is 0.256 e.